The molecule has 1 aromatic carbocycles. The summed E-state index contributed by atoms with van der Waals surface area (Å²) in [7, 11) is 1.93. The van der Waals surface area contributed by atoms with Crippen LogP contribution in [0, 0.1) is 5.92 Å². The summed E-state index contributed by atoms with van der Waals surface area (Å²) in [4.78, 5) is 24.0. The molecule has 0 aliphatic heterocycles. The standard InChI is InChI=1S/C18H23N3O3/c1-21-8-7-13-5-6-14(10-16(13)21)20-18(24)17(23)19-11-12-3-2-4-15(22)9-12/h5-8,10,12,15,22H,2-4,9,11H2,1H3,(H,19,23)(H,20,24). The summed E-state index contributed by atoms with van der Waals surface area (Å²) in [5.74, 6) is -1.06. The first-order valence-corrected chi connectivity index (χ1v) is 8.35. The van der Waals surface area contributed by atoms with Crippen LogP contribution in [-0.2, 0) is 16.6 Å². The fourth-order valence-electron chi connectivity index (χ4n) is 3.29. The lowest BCUT2D eigenvalue weighted by Crippen LogP contribution is -2.39. The number of hydrogen-bond acceptors (Lipinski definition) is 3. The van der Waals surface area contributed by atoms with E-state index in [1.165, 1.54) is 0 Å². The van der Waals surface area contributed by atoms with Crippen LogP contribution in [-0.4, -0.2) is 34.1 Å². The van der Waals surface area contributed by atoms with E-state index in [9.17, 15) is 14.7 Å². The number of rotatable bonds is 3. The predicted molar refractivity (Wildman–Crippen MR) is 92.5 cm³/mol. The van der Waals surface area contributed by atoms with E-state index in [0.717, 1.165) is 30.2 Å². The van der Waals surface area contributed by atoms with Gasteiger partial charge in [-0.1, -0.05) is 12.5 Å². The lowest BCUT2D eigenvalue weighted by atomic mass is 9.87. The van der Waals surface area contributed by atoms with Crippen LogP contribution in [0.4, 0.5) is 5.69 Å². The van der Waals surface area contributed by atoms with Crippen molar-refractivity contribution in [2.45, 2.75) is 31.8 Å². The molecule has 2 aromatic rings. The largest absolute Gasteiger partial charge is 0.393 e. The van der Waals surface area contributed by atoms with Crippen molar-refractivity contribution >= 4 is 28.4 Å². The van der Waals surface area contributed by atoms with Gasteiger partial charge in [-0.3, -0.25) is 9.59 Å². The summed E-state index contributed by atoms with van der Waals surface area (Å²) in [6.07, 6.45) is 5.11. The highest BCUT2D eigenvalue weighted by Crippen LogP contribution is 2.23. The third kappa shape index (κ3) is 3.76. The van der Waals surface area contributed by atoms with Crippen LogP contribution >= 0.6 is 0 Å². The number of aromatic nitrogens is 1. The molecule has 2 amide bonds. The van der Waals surface area contributed by atoms with E-state index >= 15 is 0 Å². The molecule has 6 heteroatoms. The van der Waals surface area contributed by atoms with E-state index in [-0.39, 0.29) is 12.0 Å². The number of nitrogens with one attached hydrogen (secondary N) is 2. The maximum Gasteiger partial charge on any atom is 0.313 e. The third-order valence-electron chi connectivity index (χ3n) is 4.66. The molecule has 1 aliphatic carbocycles. The van der Waals surface area contributed by atoms with Gasteiger partial charge in [-0.15, -0.1) is 0 Å². The summed E-state index contributed by atoms with van der Waals surface area (Å²) >= 11 is 0. The van der Waals surface area contributed by atoms with Gasteiger partial charge in [-0.25, -0.2) is 0 Å². The maximum absolute atomic E-state index is 12.0. The van der Waals surface area contributed by atoms with Crippen LogP contribution in [0.5, 0.6) is 0 Å². The number of aliphatic hydroxyl groups excluding tert-OH is 1. The Morgan fingerprint density at radius 2 is 2.08 bits per heavy atom. The van der Waals surface area contributed by atoms with E-state index in [2.05, 4.69) is 10.6 Å². The van der Waals surface area contributed by atoms with Gasteiger partial charge in [0.1, 0.15) is 0 Å². The smallest absolute Gasteiger partial charge is 0.313 e. The molecule has 2 atom stereocenters. The lowest BCUT2D eigenvalue weighted by molar-refractivity contribution is -0.136. The molecule has 0 spiro atoms. The molecule has 1 aliphatic rings. The highest BCUT2D eigenvalue weighted by atomic mass is 16.3. The molecule has 1 aromatic heterocycles. The fraction of sp³-hybridized carbons (Fsp3) is 0.444. The van der Waals surface area contributed by atoms with Crippen LogP contribution < -0.4 is 10.6 Å². The first kappa shape index (κ1) is 16.5. The van der Waals surface area contributed by atoms with Crippen molar-refractivity contribution in [3.63, 3.8) is 0 Å². The molecule has 1 saturated carbocycles. The number of aliphatic hydroxyl groups is 1. The number of carbonyl (C=O) groups is 2. The van der Waals surface area contributed by atoms with E-state index in [0.29, 0.717) is 18.7 Å². The van der Waals surface area contributed by atoms with E-state index in [1.54, 1.807) is 6.07 Å². The zero-order valence-electron chi connectivity index (χ0n) is 13.8. The zero-order valence-corrected chi connectivity index (χ0v) is 13.8. The lowest BCUT2D eigenvalue weighted by Gasteiger charge is -2.25. The van der Waals surface area contributed by atoms with Gasteiger partial charge in [0.05, 0.1) is 6.10 Å². The Bertz CT molecular complexity index is 753. The highest BCUT2D eigenvalue weighted by Gasteiger charge is 2.22. The molecule has 0 saturated heterocycles. The average Bonchev–Trinajstić information content (AvgIpc) is 2.93. The Balaban J connectivity index is 1.55. The minimum absolute atomic E-state index is 0.241. The molecule has 1 fully saturated rings. The van der Waals surface area contributed by atoms with Gasteiger partial charge in [0.15, 0.2) is 0 Å². The van der Waals surface area contributed by atoms with Crippen molar-refractivity contribution in [2.24, 2.45) is 13.0 Å². The fourth-order valence-corrected chi connectivity index (χ4v) is 3.29. The molecule has 3 N–H and O–H groups in total. The van der Waals surface area contributed by atoms with Gasteiger partial charge in [-0.2, -0.15) is 0 Å². The monoisotopic (exact) mass is 329 g/mol. The van der Waals surface area contributed by atoms with Crippen LogP contribution in [0.25, 0.3) is 10.9 Å². The van der Waals surface area contributed by atoms with Crippen LogP contribution in [0.3, 0.4) is 0 Å². The van der Waals surface area contributed by atoms with E-state index in [1.807, 2.05) is 36.0 Å². The summed E-state index contributed by atoms with van der Waals surface area (Å²) in [5.41, 5.74) is 1.59. The second kappa shape index (κ2) is 7.05. The molecule has 24 heavy (non-hydrogen) atoms. The summed E-state index contributed by atoms with van der Waals surface area (Å²) in [6, 6.07) is 7.53. The van der Waals surface area contributed by atoms with E-state index in [4.69, 9.17) is 0 Å². The average molecular weight is 329 g/mol. The number of aryl methyl sites for hydroxylation is 1. The first-order valence-electron chi connectivity index (χ1n) is 8.35. The molecular formula is C18H23N3O3. The Morgan fingerprint density at radius 1 is 1.25 bits per heavy atom. The highest BCUT2D eigenvalue weighted by molar-refractivity contribution is 6.39. The van der Waals surface area contributed by atoms with Crippen molar-refractivity contribution in [2.75, 3.05) is 11.9 Å². The van der Waals surface area contributed by atoms with Gasteiger partial charge < -0.3 is 20.3 Å². The zero-order chi connectivity index (χ0) is 17.1. The quantitative estimate of drug-likeness (QED) is 0.751. The van der Waals surface area contributed by atoms with Crippen molar-refractivity contribution in [1.82, 2.24) is 9.88 Å². The normalized spacial score (nSPS) is 20.8. The Kier molecular flexibility index (Phi) is 4.85. The minimum atomic E-state index is -0.667. The number of anilines is 1. The molecule has 0 radical (unpaired) electrons. The molecule has 3 rings (SSSR count). The Hall–Kier alpha value is -2.34. The van der Waals surface area contributed by atoms with Gasteiger partial charge in [0, 0.05) is 31.0 Å². The number of amides is 2. The summed E-state index contributed by atoms with van der Waals surface area (Å²) < 4.78 is 1.96. The third-order valence-corrected chi connectivity index (χ3v) is 4.66. The summed E-state index contributed by atoms with van der Waals surface area (Å²) in [5, 5.41) is 16.0. The van der Waals surface area contributed by atoms with Gasteiger partial charge in [-0.05, 0) is 48.8 Å². The minimum Gasteiger partial charge on any atom is -0.393 e. The van der Waals surface area contributed by atoms with Crippen LogP contribution in [0.1, 0.15) is 25.7 Å². The van der Waals surface area contributed by atoms with Crippen LogP contribution in [0.15, 0.2) is 30.5 Å². The Morgan fingerprint density at radius 3 is 2.88 bits per heavy atom. The van der Waals surface area contributed by atoms with E-state index < -0.39 is 11.8 Å². The van der Waals surface area contributed by atoms with Gasteiger partial charge >= 0.3 is 11.8 Å². The molecule has 128 valence electrons. The predicted octanol–water partition coefficient (Wildman–Crippen LogP) is 1.78. The number of benzene rings is 1. The molecule has 0 bridgehead atoms. The number of hydrogen-bond donors (Lipinski definition) is 3. The number of carbonyl (C=O) groups excluding carboxylic acids is 2. The topological polar surface area (TPSA) is 83.4 Å². The first-order chi connectivity index (χ1) is 11.5. The Labute approximate surface area is 140 Å². The van der Waals surface area contributed by atoms with Crippen molar-refractivity contribution in [1.29, 1.82) is 0 Å². The molecule has 2 unspecified atom stereocenters. The second-order valence-electron chi connectivity index (χ2n) is 6.55. The SMILES string of the molecule is Cn1ccc2ccc(NC(=O)C(=O)NCC3CCCC(O)C3)cc21. The van der Waals surface area contributed by atoms with Crippen molar-refractivity contribution in [3.05, 3.63) is 30.5 Å². The van der Waals surface area contributed by atoms with Gasteiger partial charge in [0.25, 0.3) is 0 Å². The molecule has 1 heterocycles. The van der Waals surface area contributed by atoms with Crippen LogP contribution in [0.2, 0.25) is 0 Å². The second-order valence-corrected chi connectivity index (χ2v) is 6.55. The number of fused-ring (bicyclic) bond motifs is 1. The van der Waals surface area contributed by atoms with Crippen molar-refractivity contribution in [3.8, 4) is 0 Å². The molecule has 6 nitrogen and oxygen atoms in total. The summed E-state index contributed by atoms with van der Waals surface area (Å²) in [6.45, 7) is 0.431. The van der Waals surface area contributed by atoms with Crippen molar-refractivity contribution < 1.29 is 14.7 Å². The maximum atomic E-state index is 12.0. The van der Waals surface area contributed by atoms with Gasteiger partial charge in [0.2, 0.25) is 0 Å². The molecular weight excluding hydrogens is 306 g/mol. The number of nitrogens with zero attached hydrogens (tertiary/aromatic N) is 1.